The summed E-state index contributed by atoms with van der Waals surface area (Å²) in [5.41, 5.74) is 0.984. The van der Waals surface area contributed by atoms with Crippen LogP contribution in [0.5, 0.6) is 0 Å². The van der Waals surface area contributed by atoms with Gasteiger partial charge in [0.2, 0.25) is 5.91 Å². The first-order valence-electron chi connectivity index (χ1n) is 7.87. The second-order valence-electron chi connectivity index (χ2n) is 5.79. The Balaban J connectivity index is 1.94. The Morgan fingerprint density at radius 3 is 2.86 bits per heavy atom. The van der Waals surface area contributed by atoms with Crippen LogP contribution in [0.2, 0.25) is 5.02 Å². The number of carbonyl (C=O) groups is 1. The van der Waals surface area contributed by atoms with Crippen LogP contribution in [0.3, 0.4) is 0 Å². The molecular weight excluding hydrogens is 300 g/mol. The van der Waals surface area contributed by atoms with Crippen LogP contribution in [-0.4, -0.2) is 62.1 Å². The van der Waals surface area contributed by atoms with E-state index < -0.39 is 0 Å². The van der Waals surface area contributed by atoms with Gasteiger partial charge < -0.3 is 9.64 Å². The zero-order valence-electron chi connectivity index (χ0n) is 13.4. The quantitative estimate of drug-likeness (QED) is 0.834. The largest absolute Gasteiger partial charge is 0.383 e. The molecule has 4 nitrogen and oxygen atoms in total. The van der Waals surface area contributed by atoms with E-state index in [1.165, 1.54) is 0 Å². The molecule has 1 aliphatic heterocycles. The molecule has 1 amide bonds. The molecule has 0 aromatic heterocycles. The number of nitrogens with zero attached hydrogens (tertiary/aromatic N) is 2. The zero-order valence-corrected chi connectivity index (χ0v) is 14.2. The number of hydrogen-bond donors (Lipinski definition) is 0. The summed E-state index contributed by atoms with van der Waals surface area (Å²) in [5.74, 6) is 0.0417. The molecule has 122 valence electrons. The van der Waals surface area contributed by atoms with E-state index in [9.17, 15) is 4.79 Å². The third-order valence-electron chi connectivity index (χ3n) is 4.23. The summed E-state index contributed by atoms with van der Waals surface area (Å²) in [6, 6.07) is 7.59. The van der Waals surface area contributed by atoms with Gasteiger partial charge in [-0.05, 0) is 37.6 Å². The minimum Gasteiger partial charge on any atom is -0.383 e. The molecule has 22 heavy (non-hydrogen) atoms. The summed E-state index contributed by atoms with van der Waals surface area (Å²) < 4.78 is 5.13. The Kier molecular flexibility index (Phi) is 6.68. The molecular formula is C17H25ClN2O2. The second kappa shape index (κ2) is 8.51. The van der Waals surface area contributed by atoms with Gasteiger partial charge in [0.1, 0.15) is 0 Å². The van der Waals surface area contributed by atoms with E-state index in [-0.39, 0.29) is 11.8 Å². The first-order valence-corrected chi connectivity index (χ1v) is 8.25. The summed E-state index contributed by atoms with van der Waals surface area (Å²) in [4.78, 5) is 17.1. The van der Waals surface area contributed by atoms with Crippen molar-refractivity contribution in [2.75, 3.05) is 46.4 Å². The predicted octanol–water partition coefficient (Wildman–Crippen LogP) is 2.62. The van der Waals surface area contributed by atoms with Gasteiger partial charge in [-0.2, -0.15) is 0 Å². The van der Waals surface area contributed by atoms with Crippen LogP contribution in [0.1, 0.15) is 24.8 Å². The third kappa shape index (κ3) is 4.70. The molecule has 1 aromatic rings. The highest BCUT2D eigenvalue weighted by molar-refractivity contribution is 6.30. The van der Waals surface area contributed by atoms with Gasteiger partial charge in [-0.25, -0.2) is 0 Å². The number of rotatable bonds is 5. The number of amides is 1. The lowest BCUT2D eigenvalue weighted by Gasteiger charge is -2.25. The summed E-state index contributed by atoms with van der Waals surface area (Å²) in [5, 5.41) is 0.679. The monoisotopic (exact) mass is 324 g/mol. The first kappa shape index (κ1) is 17.3. The molecule has 1 aromatic carbocycles. The molecule has 0 saturated carbocycles. The number of methoxy groups -OCH3 is 1. The van der Waals surface area contributed by atoms with Crippen LogP contribution in [-0.2, 0) is 9.53 Å². The molecule has 0 spiro atoms. The van der Waals surface area contributed by atoms with Gasteiger partial charge in [-0.3, -0.25) is 9.69 Å². The van der Waals surface area contributed by atoms with Crippen LogP contribution in [0.25, 0.3) is 0 Å². The van der Waals surface area contributed by atoms with Gasteiger partial charge in [0, 0.05) is 38.3 Å². The lowest BCUT2D eigenvalue weighted by Crippen LogP contribution is -2.38. The number of benzene rings is 1. The number of ether oxygens (including phenoxy) is 1. The minimum atomic E-state index is -0.149. The maximum Gasteiger partial charge on any atom is 0.229 e. The van der Waals surface area contributed by atoms with E-state index in [2.05, 4.69) is 4.90 Å². The number of halogens is 1. The summed E-state index contributed by atoms with van der Waals surface area (Å²) >= 11 is 6.03. The summed E-state index contributed by atoms with van der Waals surface area (Å²) in [6.45, 7) is 7.19. The van der Waals surface area contributed by atoms with Crippen LogP contribution in [0, 0.1) is 0 Å². The fourth-order valence-corrected chi connectivity index (χ4v) is 3.03. The van der Waals surface area contributed by atoms with Gasteiger partial charge in [0.15, 0.2) is 0 Å². The topological polar surface area (TPSA) is 32.8 Å². The highest BCUT2D eigenvalue weighted by atomic mass is 35.5. The first-order chi connectivity index (χ1) is 10.6. The maximum absolute atomic E-state index is 12.7. The highest BCUT2D eigenvalue weighted by Crippen LogP contribution is 2.22. The maximum atomic E-state index is 12.7. The fraction of sp³-hybridized carbons (Fsp3) is 0.588. The van der Waals surface area contributed by atoms with Crippen molar-refractivity contribution >= 4 is 17.5 Å². The van der Waals surface area contributed by atoms with E-state index in [1.54, 1.807) is 7.11 Å². The summed E-state index contributed by atoms with van der Waals surface area (Å²) in [7, 11) is 1.72. The van der Waals surface area contributed by atoms with E-state index in [0.717, 1.165) is 51.3 Å². The predicted molar refractivity (Wildman–Crippen MR) is 89.4 cm³/mol. The van der Waals surface area contributed by atoms with E-state index >= 15 is 0 Å². The van der Waals surface area contributed by atoms with Crippen molar-refractivity contribution in [2.24, 2.45) is 0 Å². The highest BCUT2D eigenvalue weighted by Gasteiger charge is 2.24. The van der Waals surface area contributed by atoms with Gasteiger partial charge in [0.05, 0.1) is 12.5 Å². The second-order valence-corrected chi connectivity index (χ2v) is 6.23. The Morgan fingerprint density at radius 2 is 2.14 bits per heavy atom. The normalized spacial score (nSPS) is 18.0. The Morgan fingerprint density at radius 1 is 1.32 bits per heavy atom. The van der Waals surface area contributed by atoms with Crippen molar-refractivity contribution in [3.63, 3.8) is 0 Å². The minimum absolute atomic E-state index is 0.149. The molecule has 1 atom stereocenters. The molecule has 0 N–H and O–H groups in total. The summed E-state index contributed by atoms with van der Waals surface area (Å²) in [6.07, 6.45) is 1.01. The molecule has 1 fully saturated rings. The van der Waals surface area contributed by atoms with Crippen LogP contribution in [0.15, 0.2) is 24.3 Å². The Labute approximate surface area is 138 Å². The number of carbonyl (C=O) groups excluding carboxylic acids is 1. The van der Waals surface area contributed by atoms with Crippen molar-refractivity contribution in [1.82, 2.24) is 9.80 Å². The smallest absolute Gasteiger partial charge is 0.229 e. The third-order valence-corrected chi connectivity index (χ3v) is 4.47. The molecule has 5 heteroatoms. The van der Waals surface area contributed by atoms with E-state index in [1.807, 2.05) is 36.1 Å². The van der Waals surface area contributed by atoms with Gasteiger partial charge >= 0.3 is 0 Å². The molecule has 0 aliphatic carbocycles. The van der Waals surface area contributed by atoms with Crippen molar-refractivity contribution in [3.8, 4) is 0 Å². The van der Waals surface area contributed by atoms with Crippen molar-refractivity contribution in [1.29, 1.82) is 0 Å². The van der Waals surface area contributed by atoms with Crippen LogP contribution < -0.4 is 0 Å². The van der Waals surface area contributed by atoms with E-state index in [0.29, 0.717) is 5.02 Å². The van der Waals surface area contributed by atoms with Gasteiger partial charge in [0.25, 0.3) is 0 Å². The molecule has 1 saturated heterocycles. The lowest BCUT2D eigenvalue weighted by molar-refractivity contribution is -0.132. The van der Waals surface area contributed by atoms with Crippen LogP contribution in [0.4, 0.5) is 0 Å². The molecule has 1 aliphatic rings. The van der Waals surface area contributed by atoms with Crippen LogP contribution >= 0.6 is 11.6 Å². The molecule has 1 heterocycles. The molecule has 2 rings (SSSR count). The Hall–Kier alpha value is -1.10. The lowest BCUT2D eigenvalue weighted by atomic mass is 9.99. The molecule has 0 radical (unpaired) electrons. The van der Waals surface area contributed by atoms with Gasteiger partial charge in [-0.15, -0.1) is 0 Å². The number of hydrogen-bond acceptors (Lipinski definition) is 3. The molecule has 0 bridgehead atoms. The van der Waals surface area contributed by atoms with Crippen molar-refractivity contribution in [2.45, 2.75) is 19.3 Å². The fourth-order valence-electron chi connectivity index (χ4n) is 2.83. The van der Waals surface area contributed by atoms with Crippen molar-refractivity contribution in [3.05, 3.63) is 34.9 Å². The van der Waals surface area contributed by atoms with Gasteiger partial charge in [-0.1, -0.05) is 23.7 Å². The average molecular weight is 325 g/mol. The zero-order chi connectivity index (χ0) is 15.9. The average Bonchev–Trinajstić information content (AvgIpc) is 2.77. The SMILES string of the molecule is COCCN1CCCN(C(=O)[C@H](C)c2cccc(Cl)c2)CC1. The van der Waals surface area contributed by atoms with Crippen molar-refractivity contribution < 1.29 is 9.53 Å². The molecule has 0 unspecified atom stereocenters. The Bertz CT molecular complexity index is 495. The van der Waals surface area contributed by atoms with E-state index in [4.69, 9.17) is 16.3 Å². The standard InChI is InChI=1S/C17H25ClN2O2/c1-14(15-5-3-6-16(18)13-15)17(21)20-8-4-7-19(9-10-20)11-12-22-2/h3,5-6,13-14H,4,7-12H2,1-2H3/t14-/m1/s1.